The SMILES string of the molecule is CBr.CC.CCNc1c(N)cnc2ccccc12. The summed E-state index contributed by atoms with van der Waals surface area (Å²) in [6.45, 7) is 6.91. The zero-order valence-electron chi connectivity index (χ0n) is 11.5. The van der Waals surface area contributed by atoms with Crippen LogP contribution in [0, 0.1) is 0 Å². The van der Waals surface area contributed by atoms with E-state index < -0.39 is 0 Å². The Labute approximate surface area is 118 Å². The zero-order chi connectivity index (χ0) is 14.0. The van der Waals surface area contributed by atoms with Gasteiger partial charge in [0.15, 0.2) is 0 Å². The Morgan fingerprint density at radius 2 is 1.83 bits per heavy atom. The highest BCUT2D eigenvalue weighted by atomic mass is 79.9. The van der Waals surface area contributed by atoms with Crippen LogP contribution >= 0.6 is 15.9 Å². The van der Waals surface area contributed by atoms with Crippen molar-refractivity contribution in [1.29, 1.82) is 0 Å². The van der Waals surface area contributed by atoms with E-state index in [0.717, 1.165) is 23.1 Å². The lowest BCUT2D eigenvalue weighted by Crippen LogP contribution is -2.02. The number of nitrogen functional groups attached to an aromatic ring is 1. The van der Waals surface area contributed by atoms with Crippen LogP contribution in [0.25, 0.3) is 10.9 Å². The maximum atomic E-state index is 5.85. The molecule has 0 aliphatic rings. The second kappa shape index (κ2) is 9.71. The number of hydrogen-bond donors (Lipinski definition) is 2. The number of benzene rings is 1. The van der Waals surface area contributed by atoms with Crippen molar-refractivity contribution in [1.82, 2.24) is 4.98 Å². The van der Waals surface area contributed by atoms with Crippen molar-refractivity contribution in [3.8, 4) is 0 Å². The van der Waals surface area contributed by atoms with Crippen LogP contribution in [0.5, 0.6) is 0 Å². The molecule has 18 heavy (non-hydrogen) atoms. The molecule has 3 nitrogen and oxygen atoms in total. The molecule has 1 aromatic carbocycles. The first kappa shape index (κ1) is 16.7. The van der Waals surface area contributed by atoms with Crippen LogP contribution in [-0.2, 0) is 0 Å². The van der Waals surface area contributed by atoms with Crippen molar-refractivity contribution < 1.29 is 0 Å². The zero-order valence-corrected chi connectivity index (χ0v) is 13.1. The van der Waals surface area contributed by atoms with Crippen molar-refractivity contribution in [2.45, 2.75) is 20.8 Å². The van der Waals surface area contributed by atoms with Crippen molar-refractivity contribution >= 4 is 38.2 Å². The lowest BCUT2D eigenvalue weighted by atomic mass is 10.1. The normalized spacial score (nSPS) is 8.72. The summed E-state index contributed by atoms with van der Waals surface area (Å²) in [7, 11) is 0. The van der Waals surface area contributed by atoms with Crippen LogP contribution in [0.15, 0.2) is 30.5 Å². The molecular weight excluding hydrogens is 290 g/mol. The van der Waals surface area contributed by atoms with Gasteiger partial charge in [-0.2, -0.15) is 0 Å². The van der Waals surface area contributed by atoms with Gasteiger partial charge in [0.05, 0.1) is 23.1 Å². The van der Waals surface area contributed by atoms with Gasteiger partial charge in [-0.25, -0.2) is 0 Å². The molecule has 0 radical (unpaired) electrons. The van der Waals surface area contributed by atoms with Crippen molar-refractivity contribution in [2.24, 2.45) is 0 Å². The van der Waals surface area contributed by atoms with Crippen LogP contribution in [-0.4, -0.2) is 17.4 Å². The number of pyridine rings is 1. The van der Waals surface area contributed by atoms with Crippen LogP contribution in [0.4, 0.5) is 11.4 Å². The number of para-hydroxylation sites is 1. The Morgan fingerprint density at radius 3 is 2.44 bits per heavy atom. The summed E-state index contributed by atoms with van der Waals surface area (Å²) in [4.78, 5) is 4.26. The van der Waals surface area contributed by atoms with E-state index in [9.17, 15) is 0 Å². The Morgan fingerprint density at radius 1 is 1.22 bits per heavy atom. The molecule has 2 rings (SSSR count). The molecule has 0 saturated carbocycles. The minimum atomic E-state index is 0.700. The molecule has 1 heterocycles. The van der Waals surface area contributed by atoms with Crippen LogP contribution in [0.3, 0.4) is 0 Å². The fourth-order valence-corrected chi connectivity index (χ4v) is 1.53. The number of hydrogen-bond acceptors (Lipinski definition) is 3. The second-order valence-corrected chi connectivity index (χ2v) is 3.14. The molecule has 0 saturated heterocycles. The van der Waals surface area contributed by atoms with Gasteiger partial charge in [0.1, 0.15) is 0 Å². The van der Waals surface area contributed by atoms with Gasteiger partial charge in [-0.1, -0.05) is 48.0 Å². The van der Waals surface area contributed by atoms with E-state index in [-0.39, 0.29) is 0 Å². The van der Waals surface area contributed by atoms with E-state index in [4.69, 9.17) is 5.73 Å². The van der Waals surface area contributed by atoms with E-state index in [1.54, 1.807) is 6.20 Å². The minimum Gasteiger partial charge on any atom is -0.396 e. The Bertz CT molecular complexity index is 458. The van der Waals surface area contributed by atoms with Gasteiger partial charge in [0, 0.05) is 11.9 Å². The first-order valence-corrected chi connectivity index (χ1v) is 7.66. The molecule has 0 atom stereocenters. The van der Waals surface area contributed by atoms with Gasteiger partial charge in [0.25, 0.3) is 0 Å². The fraction of sp³-hybridized carbons (Fsp3) is 0.357. The summed E-state index contributed by atoms with van der Waals surface area (Å²) in [5, 5.41) is 4.33. The van der Waals surface area contributed by atoms with Crippen molar-refractivity contribution in [3.05, 3.63) is 30.5 Å². The molecule has 0 fully saturated rings. The average Bonchev–Trinajstić information content (AvgIpc) is 2.46. The third kappa shape index (κ3) is 4.18. The smallest absolute Gasteiger partial charge is 0.0743 e. The number of halogens is 1. The maximum Gasteiger partial charge on any atom is 0.0743 e. The first-order chi connectivity index (χ1) is 8.83. The predicted molar refractivity (Wildman–Crippen MR) is 86.5 cm³/mol. The summed E-state index contributed by atoms with van der Waals surface area (Å²) in [5.74, 6) is 1.81. The number of aromatic nitrogens is 1. The third-order valence-electron chi connectivity index (χ3n) is 2.16. The van der Waals surface area contributed by atoms with Gasteiger partial charge in [-0.3, -0.25) is 4.98 Å². The molecule has 0 unspecified atom stereocenters. The van der Waals surface area contributed by atoms with Crippen LogP contribution in [0.1, 0.15) is 20.8 Å². The third-order valence-corrected chi connectivity index (χ3v) is 2.16. The van der Waals surface area contributed by atoms with Crippen molar-refractivity contribution in [2.75, 3.05) is 23.4 Å². The van der Waals surface area contributed by atoms with Crippen LogP contribution in [0.2, 0.25) is 0 Å². The lowest BCUT2D eigenvalue weighted by Gasteiger charge is -2.09. The second-order valence-electron chi connectivity index (χ2n) is 3.14. The molecular formula is C14H22BrN3. The number of nitrogens with zero attached hydrogens (tertiary/aromatic N) is 1. The number of nitrogens with two attached hydrogens (primary N) is 1. The topological polar surface area (TPSA) is 50.9 Å². The highest BCUT2D eigenvalue weighted by Gasteiger charge is 2.03. The predicted octanol–water partition coefficient (Wildman–Crippen LogP) is 4.29. The summed E-state index contributed by atoms with van der Waals surface area (Å²) in [6, 6.07) is 7.97. The fourth-order valence-electron chi connectivity index (χ4n) is 1.53. The van der Waals surface area contributed by atoms with Crippen LogP contribution < -0.4 is 11.1 Å². The highest BCUT2D eigenvalue weighted by Crippen LogP contribution is 2.26. The molecule has 0 amide bonds. The number of nitrogens with one attached hydrogen (secondary N) is 1. The molecule has 2 aromatic rings. The molecule has 0 bridgehead atoms. The minimum absolute atomic E-state index is 0.700. The average molecular weight is 312 g/mol. The lowest BCUT2D eigenvalue weighted by molar-refractivity contribution is 1.22. The van der Waals surface area contributed by atoms with Gasteiger partial charge in [-0.05, 0) is 18.8 Å². The summed E-state index contributed by atoms with van der Waals surface area (Å²) in [5.41, 5.74) is 8.50. The molecule has 0 aliphatic carbocycles. The quantitative estimate of drug-likeness (QED) is 0.814. The van der Waals surface area contributed by atoms with E-state index in [2.05, 4.69) is 33.2 Å². The van der Waals surface area contributed by atoms with E-state index in [1.807, 2.05) is 43.9 Å². The molecule has 0 aliphatic heterocycles. The van der Waals surface area contributed by atoms with E-state index in [1.165, 1.54) is 0 Å². The highest BCUT2D eigenvalue weighted by molar-refractivity contribution is 9.08. The monoisotopic (exact) mass is 311 g/mol. The molecule has 0 spiro atoms. The van der Waals surface area contributed by atoms with Gasteiger partial charge < -0.3 is 11.1 Å². The van der Waals surface area contributed by atoms with E-state index >= 15 is 0 Å². The number of fused-ring (bicyclic) bond motifs is 1. The van der Waals surface area contributed by atoms with Gasteiger partial charge >= 0.3 is 0 Å². The van der Waals surface area contributed by atoms with E-state index in [0.29, 0.717) is 5.69 Å². The Hall–Kier alpha value is -1.29. The first-order valence-electron chi connectivity index (χ1n) is 6.08. The molecule has 1 aromatic heterocycles. The Kier molecular flexibility index (Phi) is 9.01. The number of anilines is 2. The van der Waals surface area contributed by atoms with Crippen molar-refractivity contribution in [3.63, 3.8) is 0 Å². The molecule has 3 N–H and O–H groups in total. The summed E-state index contributed by atoms with van der Waals surface area (Å²) in [6.07, 6.45) is 1.69. The summed E-state index contributed by atoms with van der Waals surface area (Å²) < 4.78 is 0. The number of rotatable bonds is 2. The summed E-state index contributed by atoms with van der Waals surface area (Å²) >= 11 is 2.94. The standard InChI is InChI=1S/C11H13N3.C2H6.CH3Br/c1-2-13-11-8-5-3-4-6-10(8)14-7-9(11)12;2*1-2/h3-7H,2,12H2,1H3,(H,13,14);1-2H3;1H3. The van der Waals surface area contributed by atoms with Gasteiger partial charge in [-0.15, -0.1) is 0 Å². The largest absolute Gasteiger partial charge is 0.396 e. The Balaban J connectivity index is 0.000000659. The number of alkyl halides is 1. The molecule has 100 valence electrons. The molecule has 4 heteroatoms. The van der Waals surface area contributed by atoms with Gasteiger partial charge in [0.2, 0.25) is 0 Å². The maximum absolute atomic E-state index is 5.85.